The lowest BCUT2D eigenvalue weighted by Gasteiger charge is -2.17. The van der Waals surface area contributed by atoms with E-state index in [1.807, 2.05) is 42.5 Å². The van der Waals surface area contributed by atoms with Crippen molar-refractivity contribution in [1.29, 1.82) is 0 Å². The topological polar surface area (TPSA) is 90.5 Å². The van der Waals surface area contributed by atoms with E-state index in [0.717, 1.165) is 30.9 Å². The number of rotatable bonds is 8. The summed E-state index contributed by atoms with van der Waals surface area (Å²) in [7, 11) is -3.45. The van der Waals surface area contributed by atoms with Crippen LogP contribution in [0.1, 0.15) is 36.5 Å². The maximum Gasteiger partial charge on any atom is 0.258 e. The van der Waals surface area contributed by atoms with Crippen molar-refractivity contribution in [2.45, 2.75) is 26.3 Å². The van der Waals surface area contributed by atoms with Crippen molar-refractivity contribution < 1.29 is 13.2 Å². The second kappa shape index (κ2) is 10.2. The van der Waals surface area contributed by atoms with Crippen molar-refractivity contribution >= 4 is 44.3 Å². The van der Waals surface area contributed by atoms with Crippen LogP contribution >= 0.6 is 0 Å². The van der Waals surface area contributed by atoms with Crippen LogP contribution in [-0.2, 0) is 21.4 Å². The fraction of sp³-hybridized carbons (Fsp3) is 0.250. The molecule has 0 unspecified atom stereocenters. The minimum Gasteiger partial charge on any atom is -0.354 e. The second-order valence-electron chi connectivity index (χ2n) is 9.14. The molecule has 5 rings (SSSR count). The summed E-state index contributed by atoms with van der Waals surface area (Å²) in [5.74, 6) is -0.272. The van der Waals surface area contributed by atoms with Gasteiger partial charge in [0.15, 0.2) is 0 Å². The molecule has 8 heteroatoms. The van der Waals surface area contributed by atoms with Crippen molar-refractivity contribution in [3.8, 4) is 0 Å². The molecule has 3 aromatic rings. The van der Waals surface area contributed by atoms with Gasteiger partial charge in [-0.1, -0.05) is 42.5 Å². The van der Waals surface area contributed by atoms with E-state index in [-0.39, 0.29) is 11.7 Å². The molecule has 2 aliphatic heterocycles. The molecule has 2 aliphatic rings. The summed E-state index contributed by atoms with van der Waals surface area (Å²) in [5, 5.41) is 6.39. The number of anilines is 3. The number of carbonyl (C=O) groups is 1. The fourth-order valence-corrected chi connectivity index (χ4v) is 5.28. The zero-order chi connectivity index (χ0) is 25.1. The molecule has 1 amide bonds. The molecule has 2 heterocycles. The van der Waals surface area contributed by atoms with Crippen LogP contribution in [0.5, 0.6) is 0 Å². The number of hydrogen-bond acceptors (Lipinski definition) is 5. The predicted octanol–water partition coefficient (Wildman–Crippen LogP) is 4.98. The lowest BCUT2D eigenvalue weighted by atomic mass is 9.99. The van der Waals surface area contributed by atoms with E-state index in [4.69, 9.17) is 0 Å². The number of hydrogen-bond donors (Lipinski definition) is 3. The van der Waals surface area contributed by atoms with Gasteiger partial charge in [-0.15, -0.1) is 0 Å². The van der Waals surface area contributed by atoms with E-state index < -0.39 is 10.0 Å². The number of nitrogens with one attached hydrogen (secondary N) is 3. The summed E-state index contributed by atoms with van der Waals surface area (Å²) in [6.07, 6.45) is 2.53. The van der Waals surface area contributed by atoms with Gasteiger partial charge in [-0.05, 0) is 74.3 Å². The number of amides is 1. The van der Waals surface area contributed by atoms with Gasteiger partial charge in [0, 0.05) is 29.2 Å². The average Bonchev–Trinajstić information content (AvgIpc) is 3.51. The van der Waals surface area contributed by atoms with Gasteiger partial charge in [0.05, 0.1) is 17.0 Å². The summed E-state index contributed by atoms with van der Waals surface area (Å²) in [4.78, 5) is 15.6. The van der Waals surface area contributed by atoms with E-state index in [1.165, 1.54) is 18.4 Å². The SMILES string of the molecule is CCS(=O)(=O)Nc1ccc2c(c1)C(=C(Nc1ccc(CN3CCCC3)cc1)c1ccccc1)C(=O)N2. The molecule has 0 bridgehead atoms. The van der Waals surface area contributed by atoms with Crippen LogP contribution in [0.25, 0.3) is 11.3 Å². The Morgan fingerprint density at radius 1 is 0.944 bits per heavy atom. The largest absolute Gasteiger partial charge is 0.354 e. The Morgan fingerprint density at radius 2 is 1.64 bits per heavy atom. The quantitative estimate of drug-likeness (QED) is 0.378. The molecule has 0 radical (unpaired) electrons. The monoisotopic (exact) mass is 502 g/mol. The summed E-state index contributed by atoms with van der Waals surface area (Å²) < 4.78 is 26.8. The van der Waals surface area contributed by atoms with Crippen LogP contribution in [0, 0.1) is 0 Å². The summed E-state index contributed by atoms with van der Waals surface area (Å²) in [6, 6.07) is 23.1. The Balaban J connectivity index is 1.52. The molecular weight excluding hydrogens is 472 g/mol. The molecule has 186 valence electrons. The highest BCUT2D eigenvalue weighted by molar-refractivity contribution is 7.92. The molecule has 36 heavy (non-hydrogen) atoms. The lowest BCUT2D eigenvalue weighted by molar-refractivity contribution is -0.110. The van der Waals surface area contributed by atoms with Crippen LogP contribution in [0.15, 0.2) is 72.8 Å². The van der Waals surface area contributed by atoms with Gasteiger partial charge in [0.25, 0.3) is 5.91 Å². The van der Waals surface area contributed by atoms with Gasteiger partial charge in [0.2, 0.25) is 10.0 Å². The Kier molecular flexibility index (Phi) is 6.80. The maximum atomic E-state index is 13.2. The maximum absolute atomic E-state index is 13.2. The first-order chi connectivity index (χ1) is 17.4. The summed E-state index contributed by atoms with van der Waals surface area (Å²) in [6.45, 7) is 4.82. The van der Waals surface area contributed by atoms with Gasteiger partial charge in [-0.3, -0.25) is 14.4 Å². The smallest absolute Gasteiger partial charge is 0.258 e. The minimum absolute atomic E-state index is 0.0332. The van der Waals surface area contributed by atoms with Crippen molar-refractivity contribution in [3.05, 3.63) is 89.5 Å². The molecule has 0 atom stereocenters. The molecule has 0 aromatic heterocycles. The molecule has 3 N–H and O–H groups in total. The number of likely N-dealkylation sites (tertiary alicyclic amines) is 1. The minimum atomic E-state index is -3.45. The zero-order valence-corrected chi connectivity index (χ0v) is 21.1. The van der Waals surface area contributed by atoms with Crippen molar-refractivity contribution in [1.82, 2.24) is 4.90 Å². The van der Waals surface area contributed by atoms with Crippen LogP contribution < -0.4 is 15.4 Å². The van der Waals surface area contributed by atoms with Gasteiger partial charge in [0.1, 0.15) is 0 Å². The van der Waals surface area contributed by atoms with Gasteiger partial charge in [-0.2, -0.15) is 0 Å². The van der Waals surface area contributed by atoms with E-state index in [9.17, 15) is 13.2 Å². The Morgan fingerprint density at radius 3 is 2.33 bits per heavy atom. The fourth-order valence-electron chi connectivity index (χ4n) is 4.65. The number of fused-ring (bicyclic) bond motifs is 1. The van der Waals surface area contributed by atoms with Gasteiger partial charge >= 0.3 is 0 Å². The molecule has 0 aliphatic carbocycles. The van der Waals surface area contributed by atoms with Crippen LogP contribution in [-0.4, -0.2) is 38.1 Å². The van der Waals surface area contributed by atoms with Crippen LogP contribution in [0.3, 0.4) is 0 Å². The van der Waals surface area contributed by atoms with Crippen LogP contribution in [0.2, 0.25) is 0 Å². The normalized spacial score (nSPS) is 17.0. The van der Waals surface area contributed by atoms with E-state index in [0.29, 0.717) is 28.2 Å². The lowest BCUT2D eigenvalue weighted by Crippen LogP contribution is -2.18. The second-order valence-corrected chi connectivity index (χ2v) is 11.2. The highest BCUT2D eigenvalue weighted by Gasteiger charge is 2.29. The molecule has 0 spiro atoms. The Labute approximate surface area is 212 Å². The first-order valence-electron chi connectivity index (χ1n) is 12.3. The van der Waals surface area contributed by atoms with Crippen LogP contribution in [0.4, 0.5) is 17.1 Å². The predicted molar refractivity (Wildman–Crippen MR) is 146 cm³/mol. The first kappa shape index (κ1) is 24.1. The van der Waals surface area contributed by atoms with Crippen molar-refractivity contribution in [2.75, 3.05) is 34.2 Å². The van der Waals surface area contributed by atoms with E-state index in [2.05, 4.69) is 32.4 Å². The molecule has 7 nitrogen and oxygen atoms in total. The van der Waals surface area contributed by atoms with Crippen molar-refractivity contribution in [2.24, 2.45) is 0 Å². The molecule has 0 saturated carbocycles. The zero-order valence-electron chi connectivity index (χ0n) is 20.3. The highest BCUT2D eigenvalue weighted by Crippen LogP contribution is 2.39. The molecule has 1 saturated heterocycles. The number of sulfonamides is 1. The number of nitrogens with zero attached hydrogens (tertiary/aromatic N) is 1. The van der Waals surface area contributed by atoms with E-state index >= 15 is 0 Å². The van der Waals surface area contributed by atoms with Gasteiger partial charge in [-0.25, -0.2) is 8.42 Å². The highest BCUT2D eigenvalue weighted by atomic mass is 32.2. The number of carbonyl (C=O) groups excluding carboxylic acids is 1. The summed E-state index contributed by atoms with van der Waals surface area (Å²) >= 11 is 0. The molecule has 3 aromatic carbocycles. The first-order valence-corrected chi connectivity index (χ1v) is 13.9. The molecular formula is C28H30N4O3S. The Bertz CT molecular complexity index is 1390. The summed E-state index contributed by atoms with van der Waals surface area (Å²) in [5.41, 5.74) is 5.83. The third kappa shape index (κ3) is 5.29. The van der Waals surface area contributed by atoms with Gasteiger partial charge < -0.3 is 10.6 Å². The van der Waals surface area contributed by atoms with Crippen molar-refractivity contribution in [3.63, 3.8) is 0 Å². The third-order valence-corrected chi connectivity index (χ3v) is 7.86. The average molecular weight is 503 g/mol. The van der Waals surface area contributed by atoms with E-state index in [1.54, 1.807) is 25.1 Å². The number of benzene rings is 3. The molecule has 1 fully saturated rings. The third-order valence-electron chi connectivity index (χ3n) is 6.56. The standard InChI is InChI=1S/C28H30N4O3S/c1-2-36(34,35)31-23-14-15-25-24(18-23)26(28(33)30-25)27(21-8-4-3-5-9-21)29-22-12-10-20(11-13-22)19-32-16-6-7-17-32/h3-5,8-15,18,29,31H,2,6-7,16-17,19H2,1H3,(H,30,33). The Hall–Kier alpha value is -3.62.